The van der Waals surface area contributed by atoms with E-state index in [-0.39, 0.29) is 0 Å². The standard InChI is InChI=1S/C14H14N4OS/c1-8-5-10(3-4-11(8)15)14-17-12(18-19-14)6-13-16-9(2)7-20-13/h3-5,7H,6,15H2,1-2H3. The second-order valence-electron chi connectivity index (χ2n) is 4.65. The van der Waals surface area contributed by atoms with Crippen molar-refractivity contribution in [2.75, 3.05) is 5.73 Å². The Hall–Kier alpha value is -2.21. The average Bonchev–Trinajstić information content (AvgIpc) is 3.03. The van der Waals surface area contributed by atoms with E-state index < -0.39 is 0 Å². The van der Waals surface area contributed by atoms with Gasteiger partial charge in [-0.2, -0.15) is 4.98 Å². The minimum Gasteiger partial charge on any atom is -0.399 e. The average molecular weight is 286 g/mol. The van der Waals surface area contributed by atoms with Gasteiger partial charge in [0.05, 0.1) is 6.42 Å². The molecule has 0 fully saturated rings. The Morgan fingerprint density at radius 1 is 1.25 bits per heavy atom. The second kappa shape index (κ2) is 5.05. The summed E-state index contributed by atoms with van der Waals surface area (Å²) in [4.78, 5) is 8.80. The second-order valence-corrected chi connectivity index (χ2v) is 5.59. The molecule has 0 unspecified atom stereocenters. The van der Waals surface area contributed by atoms with Crippen molar-refractivity contribution in [2.45, 2.75) is 20.3 Å². The number of aryl methyl sites for hydroxylation is 2. The topological polar surface area (TPSA) is 77.8 Å². The van der Waals surface area contributed by atoms with Crippen LogP contribution in [0.2, 0.25) is 0 Å². The van der Waals surface area contributed by atoms with Crippen LogP contribution in [-0.2, 0) is 6.42 Å². The van der Waals surface area contributed by atoms with E-state index in [2.05, 4.69) is 15.1 Å². The van der Waals surface area contributed by atoms with Gasteiger partial charge >= 0.3 is 0 Å². The van der Waals surface area contributed by atoms with Gasteiger partial charge in [-0.3, -0.25) is 0 Å². The number of nitrogens with two attached hydrogens (primary N) is 1. The molecule has 0 aliphatic heterocycles. The number of hydrogen-bond donors (Lipinski definition) is 1. The molecule has 2 heterocycles. The van der Waals surface area contributed by atoms with Gasteiger partial charge in [-0.15, -0.1) is 11.3 Å². The molecule has 102 valence electrons. The van der Waals surface area contributed by atoms with Gasteiger partial charge in [0, 0.05) is 22.3 Å². The van der Waals surface area contributed by atoms with Crippen LogP contribution in [0.3, 0.4) is 0 Å². The lowest BCUT2D eigenvalue weighted by Crippen LogP contribution is -1.91. The van der Waals surface area contributed by atoms with E-state index in [1.165, 1.54) is 0 Å². The zero-order valence-corrected chi connectivity index (χ0v) is 12.1. The first kappa shape index (κ1) is 12.8. The molecule has 2 N–H and O–H groups in total. The highest BCUT2D eigenvalue weighted by molar-refractivity contribution is 7.09. The number of nitrogens with zero attached hydrogens (tertiary/aromatic N) is 3. The van der Waals surface area contributed by atoms with E-state index >= 15 is 0 Å². The van der Waals surface area contributed by atoms with E-state index in [1.54, 1.807) is 11.3 Å². The molecule has 3 rings (SSSR count). The van der Waals surface area contributed by atoms with Gasteiger partial charge in [-0.25, -0.2) is 4.98 Å². The van der Waals surface area contributed by atoms with E-state index in [1.807, 2.05) is 37.4 Å². The molecule has 3 aromatic rings. The molecule has 0 bridgehead atoms. The minimum atomic E-state index is 0.511. The number of benzene rings is 1. The van der Waals surface area contributed by atoms with Crippen LogP contribution in [0.15, 0.2) is 28.1 Å². The summed E-state index contributed by atoms with van der Waals surface area (Å²) in [5.74, 6) is 1.15. The third-order valence-corrected chi connectivity index (χ3v) is 3.93. The van der Waals surface area contributed by atoms with Crippen LogP contribution in [0, 0.1) is 13.8 Å². The number of anilines is 1. The van der Waals surface area contributed by atoms with Gasteiger partial charge in [0.15, 0.2) is 5.82 Å². The van der Waals surface area contributed by atoms with E-state index in [9.17, 15) is 0 Å². The van der Waals surface area contributed by atoms with Gasteiger partial charge in [0.25, 0.3) is 5.89 Å². The Bertz CT molecular complexity index is 747. The first-order chi connectivity index (χ1) is 9.61. The molecule has 0 saturated carbocycles. The van der Waals surface area contributed by atoms with Crippen molar-refractivity contribution < 1.29 is 4.52 Å². The highest BCUT2D eigenvalue weighted by Gasteiger charge is 2.11. The van der Waals surface area contributed by atoms with Crippen LogP contribution in [0.5, 0.6) is 0 Å². The molecule has 20 heavy (non-hydrogen) atoms. The number of hydrogen-bond acceptors (Lipinski definition) is 6. The lowest BCUT2D eigenvalue weighted by molar-refractivity contribution is 0.424. The van der Waals surface area contributed by atoms with Gasteiger partial charge in [0.2, 0.25) is 0 Å². The summed E-state index contributed by atoms with van der Waals surface area (Å²) in [5, 5.41) is 7.00. The summed E-state index contributed by atoms with van der Waals surface area (Å²) in [6.45, 7) is 3.92. The molecular weight excluding hydrogens is 272 g/mol. The predicted octanol–water partition coefficient (Wildman–Crippen LogP) is 2.98. The van der Waals surface area contributed by atoms with Crippen LogP contribution in [0.25, 0.3) is 11.5 Å². The maximum atomic E-state index is 5.80. The van der Waals surface area contributed by atoms with Crippen molar-refractivity contribution in [3.05, 3.63) is 45.7 Å². The normalized spacial score (nSPS) is 10.9. The van der Waals surface area contributed by atoms with Crippen molar-refractivity contribution in [2.24, 2.45) is 0 Å². The Morgan fingerprint density at radius 2 is 2.10 bits per heavy atom. The number of rotatable bonds is 3. The molecule has 5 nitrogen and oxygen atoms in total. The first-order valence-corrected chi connectivity index (χ1v) is 7.10. The van der Waals surface area contributed by atoms with Gasteiger partial charge < -0.3 is 10.3 Å². The zero-order valence-electron chi connectivity index (χ0n) is 11.3. The first-order valence-electron chi connectivity index (χ1n) is 6.22. The molecule has 0 aliphatic carbocycles. The molecule has 0 spiro atoms. The van der Waals surface area contributed by atoms with E-state index in [0.717, 1.165) is 27.5 Å². The van der Waals surface area contributed by atoms with Gasteiger partial charge in [0.1, 0.15) is 5.01 Å². The van der Waals surface area contributed by atoms with Gasteiger partial charge in [-0.1, -0.05) is 5.16 Å². The predicted molar refractivity (Wildman–Crippen MR) is 78.5 cm³/mol. The van der Waals surface area contributed by atoms with E-state index in [0.29, 0.717) is 18.1 Å². The monoisotopic (exact) mass is 286 g/mol. The lowest BCUT2D eigenvalue weighted by Gasteiger charge is -2.00. The van der Waals surface area contributed by atoms with Crippen LogP contribution in [0.1, 0.15) is 22.1 Å². The molecule has 2 aromatic heterocycles. The van der Waals surface area contributed by atoms with Gasteiger partial charge in [-0.05, 0) is 37.6 Å². The zero-order chi connectivity index (χ0) is 14.1. The summed E-state index contributed by atoms with van der Waals surface area (Å²) in [6, 6.07) is 5.67. The molecule has 0 radical (unpaired) electrons. The summed E-state index contributed by atoms with van der Waals surface area (Å²) < 4.78 is 5.30. The highest BCUT2D eigenvalue weighted by Crippen LogP contribution is 2.22. The van der Waals surface area contributed by atoms with Crippen molar-refractivity contribution in [1.29, 1.82) is 0 Å². The van der Waals surface area contributed by atoms with Crippen molar-refractivity contribution in [1.82, 2.24) is 15.1 Å². The maximum absolute atomic E-state index is 5.80. The van der Waals surface area contributed by atoms with Crippen molar-refractivity contribution in [3.63, 3.8) is 0 Å². The Morgan fingerprint density at radius 3 is 2.80 bits per heavy atom. The molecule has 0 saturated heterocycles. The summed E-state index contributed by atoms with van der Waals surface area (Å²) in [5.41, 5.74) is 9.45. The fourth-order valence-corrected chi connectivity index (χ4v) is 2.64. The summed E-state index contributed by atoms with van der Waals surface area (Å²) in [7, 11) is 0. The lowest BCUT2D eigenvalue weighted by atomic mass is 10.1. The van der Waals surface area contributed by atoms with Crippen LogP contribution >= 0.6 is 11.3 Å². The third-order valence-electron chi connectivity index (χ3n) is 2.96. The van der Waals surface area contributed by atoms with Crippen LogP contribution < -0.4 is 5.73 Å². The molecule has 0 amide bonds. The van der Waals surface area contributed by atoms with E-state index in [4.69, 9.17) is 10.3 Å². The van der Waals surface area contributed by atoms with Crippen LogP contribution in [-0.4, -0.2) is 15.1 Å². The molecule has 0 aliphatic rings. The highest BCUT2D eigenvalue weighted by atomic mass is 32.1. The van der Waals surface area contributed by atoms with Crippen molar-refractivity contribution in [3.8, 4) is 11.5 Å². The third kappa shape index (κ3) is 2.55. The number of aromatic nitrogens is 3. The fraction of sp³-hybridized carbons (Fsp3) is 0.214. The SMILES string of the molecule is Cc1csc(Cc2noc(-c3ccc(N)c(C)c3)n2)n1. The fourth-order valence-electron chi connectivity index (χ4n) is 1.87. The number of thiazole rings is 1. The quantitative estimate of drug-likeness (QED) is 0.749. The van der Waals surface area contributed by atoms with Crippen LogP contribution in [0.4, 0.5) is 5.69 Å². The maximum Gasteiger partial charge on any atom is 0.257 e. The largest absolute Gasteiger partial charge is 0.399 e. The molecular formula is C14H14N4OS. The Balaban J connectivity index is 1.84. The molecule has 6 heteroatoms. The Kier molecular flexibility index (Phi) is 3.23. The Labute approximate surface area is 120 Å². The molecule has 0 atom stereocenters. The summed E-state index contributed by atoms with van der Waals surface area (Å²) >= 11 is 1.60. The van der Waals surface area contributed by atoms with Crippen molar-refractivity contribution >= 4 is 17.0 Å². The molecule has 1 aromatic carbocycles. The smallest absolute Gasteiger partial charge is 0.257 e. The summed E-state index contributed by atoms with van der Waals surface area (Å²) in [6.07, 6.45) is 0.593. The minimum absolute atomic E-state index is 0.511. The number of nitrogen functional groups attached to an aromatic ring is 1.